The maximum atomic E-state index is 13.9. The lowest BCUT2D eigenvalue weighted by Gasteiger charge is -2.21. The first kappa shape index (κ1) is 13.3. The van der Waals surface area contributed by atoms with Gasteiger partial charge in [-0.05, 0) is 30.4 Å². The average Bonchev–Trinajstić information content (AvgIpc) is 2.63. The van der Waals surface area contributed by atoms with Crippen LogP contribution in [0.25, 0.3) is 5.69 Å². The monoisotopic (exact) mass is 284 g/mol. The first-order valence-electron chi connectivity index (χ1n) is 5.57. The van der Waals surface area contributed by atoms with Gasteiger partial charge in [0.05, 0.1) is 5.69 Å². The van der Waals surface area contributed by atoms with Crippen molar-refractivity contribution in [1.82, 2.24) is 9.55 Å². The van der Waals surface area contributed by atoms with E-state index in [4.69, 9.17) is 23.8 Å². The van der Waals surface area contributed by atoms with Gasteiger partial charge in [-0.3, -0.25) is 4.57 Å². The summed E-state index contributed by atoms with van der Waals surface area (Å²) in [5.41, 5.74) is 1.13. The SMILES string of the molecule is CC(C)(C)c1c[nH]c(=S)n1-c1cc(Cl)ccc1F. The van der Waals surface area contributed by atoms with Crippen LogP contribution in [-0.2, 0) is 5.41 Å². The lowest BCUT2D eigenvalue weighted by molar-refractivity contribution is 0.546. The highest BCUT2D eigenvalue weighted by molar-refractivity contribution is 7.71. The minimum Gasteiger partial charge on any atom is -0.337 e. The van der Waals surface area contributed by atoms with Crippen molar-refractivity contribution in [3.05, 3.63) is 45.7 Å². The number of hydrogen-bond acceptors (Lipinski definition) is 1. The van der Waals surface area contributed by atoms with E-state index in [1.54, 1.807) is 10.6 Å². The second kappa shape index (κ2) is 4.52. The van der Waals surface area contributed by atoms with Crippen LogP contribution in [0.4, 0.5) is 4.39 Å². The third-order valence-electron chi connectivity index (χ3n) is 2.69. The van der Waals surface area contributed by atoms with Gasteiger partial charge in [-0.15, -0.1) is 0 Å². The highest BCUT2D eigenvalue weighted by Crippen LogP contribution is 2.27. The van der Waals surface area contributed by atoms with Crippen LogP contribution in [0.1, 0.15) is 26.5 Å². The molecule has 1 heterocycles. The van der Waals surface area contributed by atoms with Crippen molar-refractivity contribution in [3.63, 3.8) is 0 Å². The number of aromatic nitrogens is 2. The summed E-state index contributed by atoms with van der Waals surface area (Å²) in [4.78, 5) is 2.96. The molecule has 1 aromatic heterocycles. The molecule has 2 rings (SSSR count). The van der Waals surface area contributed by atoms with E-state index in [-0.39, 0.29) is 11.2 Å². The van der Waals surface area contributed by atoms with Crippen molar-refractivity contribution in [1.29, 1.82) is 0 Å². The Bertz CT molecular complexity index is 637. The number of hydrogen-bond donors (Lipinski definition) is 1. The first-order valence-corrected chi connectivity index (χ1v) is 6.35. The van der Waals surface area contributed by atoms with Crippen molar-refractivity contribution in [2.45, 2.75) is 26.2 Å². The minimum atomic E-state index is -0.347. The molecule has 0 saturated carbocycles. The molecular weight excluding hydrogens is 271 g/mol. The van der Waals surface area contributed by atoms with E-state index in [0.29, 0.717) is 15.5 Å². The molecule has 0 aliphatic heterocycles. The molecule has 0 amide bonds. The van der Waals surface area contributed by atoms with Gasteiger partial charge in [-0.2, -0.15) is 0 Å². The van der Waals surface area contributed by atoms with E-state index in [2.05, 4.69) is 4.98 Å². The smallest absolute Gasteiger partial charge is 0.182 e. The van der Waals surface area contributed by atoms with Gasteiger partial charge < -0.3 is 4.98 Å². The number of rotatable bonds is 1. The number of benzene rings is 1. The van der Waals surface area contributed by atoms with Gasteiger partial charge in [0.2, 0.25) is 0 Å². The van der Waals surface area contributed by atoms with E-state index >= 15 is 0 Å². The molecule has 0 aliphatic carbocycles. The maximum absolute atomic E-state index is 13.9. The highest BCUT2D eigenvalue weighted by Gasteiger charge is 2.21. The van der Waals surface area contributed by atoms with Gasteiger partial charge in [-0.25, -0.2) is 4.39 Å². The van der Waals surface area contributed by atoms with Crippen molar-refractivity contribution in [3.8, 4) is 5.69 Å². The van der Waals surface area contributed by atoms with Gasteiger partial charge in [0.1, 0.15) is 5.82 Å². The predicted octanol–water partition coefficient (Wildman–Crippen LogP) is 4.62. The summed E-state index contributed by atoms with van der Waals surface area (Å²) < 4.78 is 16.1. The summed E-state index contributed by atoms with van der Waals surface area (Å²) in [7, 11) is 0. The predicted molar refractivity (Wildman–Crippen MR) is 74.6 cm³/mol. The first-order chi connectivity index (χ1) is 8.30. The second-order valence-corrected chi connectivity index (χ2v) is 5.98. The maximum Gasteiger partial charge on any atom is 0.182 e. The van der Waals surface area contributed by atoms with Crippen LogP contribution in [0.2, 0.25) is 5.02 Å². The minimum absolute atomic E-state index is 0.150. The molecule has 2 nitrogen and oxygen atoms in total. The van der Waals surface area contributed by atoms with Crippen LogP contribution >= 0.6 is 23.8 Å². The molecule has 0 aliphatic rings. The Morgan fingerprint density at radius 3 is 2.61 bits per heavy atom. The quantitative estimate of drug-likeness (QED) is 0.758. The molecule has 0 radical (unpaired) electrons. The molecule has 0 atom stereocenters. The van der Waals surface area contributed by atoms with Crippen LogP contribution in [-0.4, -0.2) is 9.55 Å². The Balaban J connectivity index is 2.75. The van der Waals surface area contributed by atoms with E-state index in [1.807, 2.05) is 27.0 Å². The van der Waals surface area contributed by atoms with Crippen molar-refractivity contribution < 1.29 is 4.39 Å². The lowest BCUT2D eigenvalue weighted by Crippen LogP contribution is -2.17. The number of nitrogens with zero attached hydrogens (tertiary/aromatic N) is 1. The molecule has 0 fully saturated rings. The van der Waals surface area contributed by atoms with Gasteiger partial charge in [0.25, 0.3) is 0 Å². The fourth-order valence-electron chi connectivity index (χ4n) is 1.82. The largest absolute Gasteiger partial charge is 0.337 e. The Hall–Kier alpha value is -1.13. The zero-order valence-corrected chi connectivity index (χ0v) is 12.0. The molecule has 5 heteroatoms. The van der Waals surface area contributed by atoms with Crippen molar-refractivity contribution in [2.24, 2.45) is 0 Å². The number of H-pyrrole nitrogens is 1. The van der Waals surface area contributed by atoms with Gasteiger partial charge >= 0.3 is 0 Å². The van der Waals surface area contributed by atoms with Crippen molar-refractivity contribution in [2.75, 3.05) is 0 Å². The van der Waals surface area contributed by atoms with Crippen LogP contribution in [0.5, 0.6) is 0 Å². The Labute approximate surface area is 115 Å². The van der Waals surface area contributed by atoms with E-state index in [0.717, 1.165) is 5.69 Å². The van der Waals surface area contributed by atoms with Crippen LogP contribution in [0.15, 0.2) is 24.4 Å². The third-order valence-corrected chi connectivity index (χ3v) is 3.23. The lowest BCUT2D eigenvalue weighted by atomic mass is 9.92. The van der Waals surface area contributed by atoms with Gasteiger partial charge in [0, 0.05) is 22.3 Å². The molecule has 1 aromatic carbocycles. The summed E-state index contributed by atoms with van der Waals surface area (Å²) in [6, 6.07) is 4.45. The number of aromatic amines is 1. The van der Waals surface area contributed by atoms with E-state index in [9.17, 15) is 4.39 Å². The summed E-state index contributed by atoms with van der Waals surface area (Å²) in [6.07, 6.45) is 1.81. The zero-order valence-electron chi connectivity index (χ0n) is 10.4. The Morgan fingerprint density at radius 2 is 2.00 bits per heavy atom. The summed E-state index contributed by atoms with van der Waals surface area (Å²) in [6.45, 7) is 6.14. The topological polar surface area (TPSA) is 20.7 Å². The fourth-order valence-corrected chi connectivity index (χ4v) is 2.24. The molecule has 0 spiro atoms. The van der Waals surface area contributed by atoms with Crippen LogP contribution in [0, 0.1) is 10.6 Å². The summed E-state index contributed by atoms with van der Waals surface area (Å²) in [5.74, 6) is -0.347. The molecule has 0 saturated heterocycles. The molecule has 2 aromatic rings. The molecular formula is C13H14ClFN2S. The highest BCUT2D eigenvalue weighted by atomic mass is 35.5. The fraction of sp³-hybridized carbons (Fsp3) is 0.308. The second-order valence-electron chi connectivity index (χ2n) is 5.16. The molecule has 0 bridgehead atoms. The third kappa shape index (κ3) is 2.35. The number of halogens is 2. The van der Waals surface area contributed by atoms with Crippen LogP contribution < -0.4 is 0 Å². The molecule has 96 valence electrons. The van der Waals surface area contributed by atoms with Gasteiger partial charge in [0.15, 0.2) is 4.77 Å². The normalized spacial score (nSPS) is 11.8. The molecule has 18 heavy (non-hydrogen) atoms. The number of imidazole rings is 1. The molecule has 1 N–H and O–H groups in total. The van der Waals surface area contributed by atoms with E-state index in [1.165, 1.54) is 12.1 Å². The summed E-state index contributed by atoms with van der Waals surface area (Å²) in [5, 5.41) is 0.481. The number of nitrogens with one attached hydrogen (secondary N) is 1. The van der Waals surface area contributed by atoms with E-state index < -0.39 is 0 Å². The standard InChI is InChI=1S/C13H14ClFN2S/c1-13(2,3)11-7-16-12(18)17(11)10-6-8(14)4-5-9(10)15/h4-7H,1-3H3,(H,16,18). The van der Waals surface area contributed by atoms with Crippen molar-refractivity contribution >= 4 is 23.8 Å². The van der Waals surface area contributed by atoms with Gasteiger partial charge in [-0.1, -0.05) is 32.4 Å². The van der Waals surface area contributed by atoms with Crippen LogP contribution in [0.3, 0.4) is 0 Å². The zero-order chi connectivity index (χ0) is 13.5. The Kier molecular flexibility index (Phi) is 3.34. The Morgan fingerprint density at radius 1 is 1.33 bits per heavy atom. The molecule has 0 unspecified atom stereocenters. The average molecular weight is 285 g/mol. The summed E-state index contributed by atoms with van der Waals surface area (Å²) >= 11 is 11.2.